The first-order chi connectivity index (χ1) is 28.6. The standard InChI is InChI=1S/C48H59N5O6Si/c1-48(2,3)60(4,5)59-43(39-25-27-42(54)46-40(39)26-28-45(56)52-46)31-50-30-33-15-20-36(21-16-33)51-44(55)14-10-9-11-32-17-24-38(34-12-7-6-8-13-34)41(29-32)53(47(57)58)37-22-18-35(49)19-23-37/h6-9,11-13,15-17,20-21,24-29,35,37,43,50,54H,10,14,18-19,22-23,30-31,49H2,1-5H3,(H,51,55)(H,52,56)(H,57,58)/t35?,37?,43-/m0/s1. The van der Waals surface area contributed by atoms with Crippen molar-refractivity contribution in [3.63, 3.8) is 0 Å². The van der Waals surface area contributed by atoms with E-state index >= 15 is 0 Å². The highest BCUT2D eigenvalue weighted by Crippen LogP contribution is 2.41. The molecule has 0 aliphatic heterocycles. The molecule has 6 rings (SSSR count). The van der Waals surface area contributed by atoms with Crippen LogP contribution in [-0.2, 0) is 15.8 Å². The Hall–Kier alpha value is -5.53. The van der Waals surface area contributed by atoms with E-state index in [1.165, 1.54) is 11.0 Å². The number of phenols is 1. The molecule has 7 N–H and O–H groups in total. The second kappa shape index (κ2) is 19.2. The second-order valence-electron chi connectivity index (χ2n) is 17.3. The van der Waals surface area contributed by atoms with Crippen LogP contribution in [0.1, 0.15) is 82.1 Å². The number of carboxylic acid groups (broad SMARTS) is 1. The fourth-order valence-electron chi connectivity index (χ4n) is 7.53. The number of carbonyl (C=O) groups is 2. The summed E-state index contributed by atoms with van der Waals surface area (Å²) < 4.78 is 6.93. The van der Waals surface area contributed by atoms with Crippen LogP contribution < -0.4 is 26.8 Å². The third-order valence-electron chi connectivity index (χ3n) is 11.9. The molecular formula is C48H59N5O6Si. The van der Waals surface area contributed by atoms with Crippen molar-refractivity contribution in [2.45, 2.75) is 102 Å². The molecule has 2 amide bonds. The lowest BCUT2D eigenvalue weighted by Gasteiger charge is -2.39. The number of nitrogens with two attached hydrogens (primary N) is 1. The monoisotopic (exact) mass is 829 g/mol. The second-order valence-corrected chi connectivity index (χ2v) is 22.1. The fraction of sp³-hybridized carbons (Fsp3) is 0.354. The average Bonchev–Trinajstić information content (AvgIpc) is 3.21. The van der Waals surface area contributed by atoms with Gasteiger partial charge in [-0.25, -0.2) is 4.79 Å². The topological polar surface area (TPSA) is 170 Å². The maximum Gasteiger partial charge on any atom is 0.412 e. The van der Waals surface area contributed by atoms with Crippen LogP contribution >= 0.6 is 0 Å². The summed E-state index contributed by atoms with van der Waals surface area (Å²) in [6.45, 7) is 12.1. The number of H-pyrrole nitrogens is 1. The number of hydrogen-bond acceptors (Lipinski definition) is 7. The summed E-state index contributed by atoms with van der Waals surface area (Å²) in [7, 11) is -2.22. The summed E-state index contributed by atoms with van der Waals surface area (Å²) in [5.41, 5.74) is 12.2. The first-order valence-electron chi connectivity index (χ1n) is 20.9. The van der Waals surface area contributed by atoms with Crippen LogP contribution in [0, 0.1) is 0 Å². The number of hydrogen-bond donors (Lipinski definition) is 6. The molecule has 60 heavy (non-hydrogen) atoms. The molecule has 0 unspecified atom stereocenters. The minimum Gasteiger partial charge on any atom is -0.506 e. The highest BCUT2D eigenvalue weighted by atomic mass is 28.4. The van der Waals surface area contributed by atoms with Crippen molar-refractivity contribution in [1.29, 1.82) is 0 Å². The predicted octanol–water partition coefficient (Wildman–Crippen LogP) is 9.94. The molecule has 11 nitrogen and oxygen atoms in total. The number of benzene rings is 4. The van der Waals surface area contributed by atoms with Gasteiger partial charge in [-0.05, 0) is 103 Å². The summed E-state index contributed by atoms with van der Waals surface area (Å²) >= 11 is 0. The molecule has 0 spiro atoms. The molecule has 0 radical (unpaired) electrons. The molecule has 0 bridgehead atoms. The van der Waals surface area contributed by atoms with E-state index in [9.17, 15) is 24.6 Å². The van der Waals surface area contributed by atoms with Gasteiger partial charge in [0.25, 0.3) is 0 Å². The molecule has 12 heteroatoms. The highest BCUT2D eigenvalue weighted by molar-refractivity contribution is 6.74. The van der Waals surface area contributed by atoms with E-state index in [2.05, 4.69) is 49.5 Å². The van der Waals surface area contributed by atoms with Gasteiger partial charge in [0.2, 0.25) is 11.5 Å². The Morgan fingerprint density at radius 1 is 0.967 bits per heavy atom. The fourth-order valence-corrected chi connectivity index (χ4v) is 8.80. The Bertz CT molecular complexity index is 2350. The molecule has 0 saturated heterocycles. The average molecular weight is 830 g/mol. The van der Waals surface area contributed by atoms with Gasteiger partial charge in [-0.1, -0.05) is 93.6 Å². The van der Waals surface area contributed by atoms with E-state index in [1.807, 2.05) is 91.0 Å². The van der Waals surface area contributed by atoms with Crippen LogP contribution in [0.15, 0.2) is 108 Å². The van der Waals surface area contributed by atoms with Gasteiger partial charge in [0.15, 0.2) is 8.32 Å². The van der Waals surface area contributed by atoms with Crippen molar-refractivity contribution in [3.05, 3.63) is 130 Å². The van der Waals surface area contributed by atoms with Crippen LogP contribution in [0.4, 0.5) is 16.2 Å². The maximum absolute atomic E-state index is 12.9. The number of nitrogens with zero attached hydrogens (tertiary/aromatic N) is 1. The van der Waals surface area contributed by atoms with Gasteiger partial charge in [-0.15, -0.1) is 0 Å². The van der Waals surface area contributed by atoms with Crippen molar-refractivity contribution >= 4 is 48.7 Å². The Kier molecular flexibility index (Phi) is 14.1. The third-order valence-corrected chi connectivity index (χ3v) is 16.4. The zero-order valence-electron chi connectivity index (χ0n) is 35.3. The van der Waals surface area contributed by atoms with Gasteiger partial charge in [0, 0.05) is 54.3 Å². The number of aromatic hydroxyl groups is 1. The van der Waals surface area contributed by atoms with Crippen molar-refractivity contribution in [3.8, 4) is 16.9 Å². The van der Waals surface area contributed by atoms with Crippen molar-refractivity contribution in [2.75, 3.05) is 16.8 Å². The molecule has 1 aliphatic carbocycles. The summed E-state index contributed by atoms with van der Waals surface area (Å²) in [5.74, 6) is -0.0914. The number of allylic oxidation sites excluding steroid dienone is 1. The van der Waals surface area contributed by atoms with Gasteiger partial charge in [-0.3, -0.25) is 14.5 Å². The number of amides is 2. The van der Waals surface area contributed by atoms with Gasteiger partial charge in [0.1, 0.15) is 5.75 Å². The molecule has 316 valence electrons. The van der Waals surface area contributed by atoms with Gasteiger partial charge in [0.05, 0.1) is 17.3 Å². The lowest BCUT2D eigenvalue weighted by atomic mass is 9.89. The third kappa shape index (κ3) is 11.0. The Morgan fingerprint density at radius 2 is 1.68 bits per heavy atom. The van der Waals surface area contributed by atoms with Gasteiger partial charge >= 0.3 is 6.09 Å². The molecule has 1 aliphatic rings. The van der Waals surface area contributed by atoms with E-state index < -0.39 is 14.4 Å². The van der Waals surface area contributed by atoms with E-state index in [0.717, 1.165) is 58.9 Å². The SMILES string of the molecule is CC(C)(C)[Si](C)(C)O[C@@H](CNCc1ccc(NC(=O)CCC=Cc2ccc(-c3ccccc3)c(N(C(=O)O)C3CCC(N)CC3)c2)cc1)c1ccc(O)c2[nH]c(=O)ccc12. The number of phenolic OH excluding ortho intramolecular Hbond substituents is 1. The van der Waals surface area contributed by atoms with Gasteiger partial charge < -0.3 is 36.0 Å². The molecule has 1 heterocycles. The largest absolute Gasteiger partial charge is 0.506 e. The van der Waals surface area contributed by atoms with Crippen LogP contribution in [-0.4, -0.2) is 54.1 Å². The molecule has 5 aromatic rings. The summed E-state index contributed by atoms with van der Waals surface area (Å²) in [4.78, 5) is 42.0. The van der Waals surface area contributed by atoms with Crippen LogP contribution in [0.3, 0.4) is 0 Å². The number of anilines is 2. The zero-order valence-corrected chi connectivity index (χ0v) is 36.3. The van der Waals surface area contributed by atoms with E-state index in [-0.39, 0.29) is 46.9 Å². The summed E-state index contributed by atoms with van der Waals surface area (Å²) in [6, 6.07) is 30.1. The Morgan fingerprint density at radius 3 is 2.37 bits per heavy atom. The quantitative estimate of drug-likeness (QED) is 0.0567. The molecule has 1 saturated carbocycles. The van der Waals surface area contributed by atoms with Crippen LogP contribution in [0.5, 0.6) is 5.75 Å². The minimum atomic E-state index is -2.22. The van der Waals surface area contributed by atoms with Crippen molar-refractivity contribution in [1.82, 2.24) is 10.3 Å². The minimum absolute atomic E-state index is 0.0139. The van der Waals surface area contributed by atoms with E-state index in [0.29, 0.717) is 36.4 Å². The number of pyridine rings is 1. The predicted molar refractivity (Wildman–Crippen MR) is 245 cm³/mol. The summed E-state index contributed by atoms with van der Waals surface area (Å²) in [5, 5.41) is 28.2. The van der Waals surface area contributed by atoms with Gasteiger partial charge in [-0.2, -0.15) is 0 Å². The Labute approximate surface area is 353 Å². The lowest BCUT2D eigenvalue weighted by Crippen LogP contribution is -2.44. The summed E-state index contributed by atoms with van der Waals surface area (Å²) in [6.07, 6.45) is 6.40. The molecule has 1 fully saturated rings. The lowest BCUT2D eigenvalue weighted by molar-refractivity contribution is -0.116. The first-order valence-corrected chi connectivity index (χ1v) is 23.8. The molecule has 1 atom stereocenters. The molecule has 4 aromatic carbocycles. The number of aromatic nitrogens is 1. The molecule has 1 aromatic heterocycles. The van der Waals surface area contributed by atoms with Crippen LogP contribution in [0.25, 0.3) is 28.1 Å². The Balaban J connectivity index is 1.06. The molecular weight excluding hydrogens is 771 g/mol. The maximum atomic E-state index is 12.9. The first kappa shape index (κ1) is 44.0. The van der Waals surface area contributed by atoms with Crippen molar-refractivity contribution in [2.24, 2.45) is 5.73 Å². The number of carbonyl (C=O) groups excluding carboxylic acids is 1. The van der Waals surface area contributed by atoms with Crippen molar-refractivity contribution < 1.29 is 24.2 Å². The number of nitrogens with one attached hydrogen (secondary N) is 3. The zero-order chi connectivity index (χ0) is 43.0. The smallest absolute Gasteiger partial charge is 0.412 e. The number of aromatic amines is 1. The van der Waals surface area contributed by atoms with Crippen LogP contribution in [0.2, 0.25) is 18.1 Å². The van der Waals surface area contributed by atoms with E-state index in [4.69, 9.17) is 10.2 Å². The highest BCUT2D eigenvalue weighted by Gasteiger charge is 2.40. The normalized spacial score (nSPS) is 16.5. The van der Waals surface area contributed by atoms with E-state index in [1.54, 1.807) is 12.1 Å². The number of rotatable bonds is 15. The number of fused-ring (bicyclic) bond motifs is 1.